The summed E-state index contributed by atoms with van der Waals surface area (Å²) < 4.78 is 38.5. The SMILES string of the molecule is CN(C)S(=O)(=O)c1cc(NC(=O)NCCCC(=O)O)ccc1F. The molecule has 0 radical (unpaired) electrons. The van der Waals surface area contributed by atoms with Crippen molar-refractivity contribution in [3.8, 4) is 0 Å². The normalized spacial score (nSPS) is 11.3. The molecule has 1 aromatic carbocycles. The van der Waals surface area contributed by atoms with Crippen molar-refractivity contribution in [1.29, 1.82) is 0 Å². The molecule has 128 valence electrons. The van der Waals surface area contributed by atoms with E-state index in [1.807, 2.05) is 0 Å². The van der Waals surface area contributed by atoms with Crippen molar-refractivity contribution in [2.45, 2.75) is 17.7 Å². The van der Waals surface area contributed by atoms with E-state index in [1.165, 1.54) is 20.2 Å². The fourth-order valence-corrected chi connectivity index (χ4v) is 2.58. The maximum Gasteiger partial charge on any atom is 0.319 e. The van der Waals surface area contributed by atoms with Gasteiger partial charge in [0.25, 0.3) is 0 Å². The topological polar surface area (TPSA) is 116 Å². The molecule has 0 aliphatic carbocycles. The van der Waals surface area contributed by atoms with Gasteiger partial charge in [-0.2, -0.15) is 0 Å². The molecule has 0 atom stereocenters. The summed E-state index contributed by atoms with van der Waals surface area (Å²) in [6.07, 6.45) is 0.175. The number of carboxylic acids is 1. The molecule has 1 rings (SSSR count). The zero-order valence-electron chi connectivity index (χ0n) is 12.7. The van der Waals surface area contributed by atoms with Crippen LogP contribution in [-0.4, -0.2) is 50.5 Å². The first-order valence-corrected chi connectivity index (χ1v) is 8.07. The number of nitrogens with one attached hydrogen (secondary N) is 2. The van der Waals surface area contributed by atoms with E-state index in [9.17, 15) is 22.4 Å². The summed E-state index contributed by atoms with van der Waals surface area (Å²) in [6, 6.07) is 2.54. The predicted molar refractivity (Wildman–Crippen MR) is 81.2 cm³/mol. The van der Waals surface area contributed by atoms with Gasteiger partial charge in [0.1, 0.15) is 10.7 Å². The highest BCUT2D eigenvalue weighted by Crippen LogP contribution is 2.21. The number of aliphatic carboxylic acids is 1. The molecule has 0 heterocycles. The van der Waals surface area contributed by atoms with Crippen molar-refractivity contribution in [3.63, 3.8) is 0 Å². The Bertz CT molecular complexity index is 691. The second kappa shape index (κ2) is 7.88. The first-order chi connectivity index (χ1) is 10.6. The molecule has 0 spiro atoms. The van der Waals surface area contributed by atoms with Gasteiger partial charge in [-0.3, -0.25) is 4.79 Å². The Balaban J connectivity index is 2.75. The van der Waals surface area contributed by atoms with Crippen LogP contribution in [0.15, 0.2) is 23.1 Å². The van der Waals surface area contributed by atoms with Gasteiger partial charge in [0.2, 0.25) is 10.0 Å². The van der Waals surface area contributed by atoms with Crippen molar-refractivity contribution in [2.24, 2.45) is 0 Å². The molecule has 0 bridgehead atoms. The minimum Gasteiger partial charge on any atom is -0.481 e. The monoisotopic (exact) mass is 347 g/mol. The standard InChI is InChI=1S/C13H18FN3O5S/c1-17(2)23(21,22)11-8-9(5-6-10(11)14)16-13(20)15-7-3-4-12(18)19/h5-6,8H,3-4,7H2,1-2H3,(H,18,19)(H2,15,16,20). The summed E-state index contributed by atoms with van der Waals surface area (Å²) in [4.78, 5) is 21.4. The number of urea groups is 1. The maximum atomic E-state index is 13.7. The number of anilines is 1. The van der Waals surface area contributed by atoms with Crippen LogP contribution in [0.1, 0.15) is 12.8 Å². The van der Waals surface area contributed by atoms with Crippen molar-refractivity contribution in [3.05, 3.63) is 24.0 Å². The van der Waals surface area contributed by atoms with E-state index < -0.39 is 32.7 Å². The average Bonchev–Trinajstić information content (AvgIpc) is 2.45. The van der Waals surface area contributed by atoms with Gasteiger partial charge in [-0.25, -0.2) is 21.9 Å². The maximum absolute atomic E-state index is 13.7. The summed E-state index contributed by atoms with van der Waals surface area (Å²) in [6.45, 7) is 0.141. The van der Waals surface area contributed by atoms with Crippen LogP contribution in [0.3, 0.4) is 0 Å². The van der Waals surface area contributed by atoms with E-state index in [2.05, 4.69) is 10.6 Å². The number of benzene rings is 1. The van der Waals surface area contributed by atoms with Crippen LogP contribution in [0.25, 0.3) is 0 Å². The molecule has 3 N–H and O–H groups in total. The number of amides is 2. The Morgan fingerprint density at radius 3 is 2.52 bits per heavy atom. The molecule has 0 unspecified atom stereocenters. The number of sulfonamides is 1. The van der Waals surface area contributed by atoms with E-state index in [-0.39, 0.29) is 25.1 Å². The third-order valence-corrected chi connectivity index (χ3v) is 4.63. The van der Waals surface area contributed by atoms with E-state index >= 15 is 0 Å². The number of carboxylic acid groups (broad SMARTS) is 1. The molecule has 23 heavy (non-hydrogen) atoms. The Hall–Kier alpha value is -2.20. The number of nitrogens with zero attached hydrogens (tertiary/aromatic N) is 1. The Morgan fingerprint density at radius 1 is 1.30 bits per heavy atom. The minimum absolute atomic E-state index is 0.0813. The van der Waals surface area contributed by atoms with Crippen LogP contribution in [0.2, 0.25) is 0 Å². The van der Waals surface area contributed by atoms with Gasteiger partial charge in [-0.15, -0.1) is 0 Å². The molecular weight excluding hydrogens is 329 g/mol. The average molecular weight is 347 g/mol. The van der Waals surface area contributed by atoms with E-state index in [1.54, 1.807) is 0 Å². The molecule has 0 aliphatic rings. The number of carbonyl (C=O) groups excluding carboxylic acids is 1. The van der Waals surface area contributed by atoms with Gasteiger partial charge in [0.15, 0.2) is 0 Å². The number of rotatable bonds is 7. The molecule has 0 aromatic heterocycles. The molecule has 8 nitrogen and oxygen atoms in total. The van der Waals surface area contributed by atoms with Gasteiger partial charge in [-0.1, -0.05) is 0 Å². The summed E-state index contributed by atoms with van der Waals surface area (Å²) in [5.74, 6) is -1.89. The number of halogens is 1. The lowest BCUT2D eigenvalue weighted by Gasteiger charge is -2.13. The number of carbonyl (C=O) groups is 2. The van der Waals surface area contributed by atoms with Gasteiger partial charge >= 0.3 is 12.0 Å². The second-order valence-corrected chi connectivity index (χ2v) is 6.93. The predicted octanol–water partition coefficient (Wildman–Crippen LogP) is 1.06. The highest BCUT2D eigenvalue weighted by atomic mass is 32.2. The zero-order chi connectivity index (χ0) is 17.6. The Morgan fingerprint density at radius 2 is 1.96 bits per heavy atom. The van der Waals surface area contributed by atoms with Gasteiger partial charge in [-0.05, 0) is 24.6 Å². The van der Waals surface area contributed by atoms with E-state index in [0.717, 1.165) is 16.4 Å². The van der Waals surface area contributed by atoms with Crippen LogP contribution < -0.4 is 10.6 Å². The lowest BCUT2D eigenvalue weighted by Crippen LogP contribution is -2.30. The number of hydrogen-bond donors (Lipinski definition) is 3. The zero-order valence-corrected chi connectivity index (χ0v) is 13.5. The van der Waals surface area contributed by atoms with Gasteiger partial charge in [0.05, 0.1) is 0 Å². The van der Waals surface area contributed by atoms with Crippen molar-refractivity contribution in [2.75, 3.05) is 26.0 Å². The fourth-order valence-electron chi connectivity index (χ4n) is 1.59. The van der Waals surface area contributed by atoms with Crippen molar-refractivity contribution < 1.29 is 27.5 Å². The highest BCUT2D eigenvalue weighted by Gasteiger charge is 2.22. The van der Waals surface area contributed by atoms with Crippen LogP contribution >= 0.6 is 0 Å². The molecule has 0 aliphatic heterocycles. The van der Waals surface area contributed by atoms with Gasteiger partial charge in [0, 0.05) is 32.7 Å². The van der Waals surface area contributed by atoms with Crippen LogP contribution in [0.4, 0.5) is 14.9 Å². The van der Waals surface area contributed by atoms with E-state index in [0.29, 0.717) is 0 Å². The summed E-state index contributed by atoms with van der Waals surface area (Å²) in [5, 5.41) is 13.2. The lowest BCUT2D eigenvalue weighted by atomic mass is 10.3. The Labute approximate surface area is 133 Å². The lowest BCUT2D eigenvalue weighted by molar-refractivity contribution is -0.137. The highest BCUT2D eigenvalue weighted by molar-refractivity contribution is 7.89. The quantitative estimate of drug-likeness (QED) is 0.638. The molecular formula is C13H18FN3O5S. The molecule has 2 amide bonds. The smallest absolute Gasteiger partial charge is 0.319 e. The Kier molecular flexibility index (Phi) is 6.46. The van der Waals surface area contributed by atoms with Crippen LogP contribution in [0, 0.1) is 5.82 Å². The first-order valence-electron chi connectivity index (χ1n) is 6.63. The second-order valence-electron chi connectivity index (χ2n) is 4.81. The third kappa shape index (κ3) is 5.49. The molecule has 0 saturated heterocycles. The fraction of sp³-hybridized carbons (Fsp3) is 0.385. The van der Waals surface area contributed by atoms with Gasteiger partial charge < -0.3 is 15.7 Å². The van der Waals surface area contributed by atoms with Crippen LogP contribution in [-0.2, 0) is 14.8 Å². The molecule has 1 aromatic rings. The largest absolute Gasteiger partial charge is 0.481 e. The third-order valence-electron chi connectivity index (χ3n) is 2.80. The minimum atomic E-state index is -3.97. The molecule has 10 heteroatoms. The molecule has 0 saturated carbocycles. The van der Waals surface area contributed by atoms with E-state index in [4.69, 9.17) is 5.11 Å². The van der Waals surface area contributed by atoms with Crippen molar-refractivity contribution in [1.82, 2.24) is 9.62 Å². The summed E-state index contributed by atoms with van der Waals surface area (Å²) >= 11 is 0. The first kappa shape index (κ1) is 18.8. The number of hydrogen-bond acceptors (Lipinski definition) is 4. The summed E-state index contributed by atoms with van der Waals surface area (Å²) in [7, 11) is -1.44. The van der Waals surface area contributed by atoms with Crippen LogP contribution in [0.5, 0.6) is 0 Å². The van der Waals surface area contributed by atoms with Crippen molar-refractivity contribution >= 4 is 27.7 Å². The molecule has 0 fully saturated rings. The summed E-state index contributed by atoms with van der Waals surface area (Å²) in [5.41, 5.74) is 0.0996.